The van der Waals surface area contributed by atoms with E-state index in [1.807, 2.05) is 0 Å². The lowest BCUT2D eigenvalue weighted by Crippen LogP contribution is -2.49. The number of rotatable bonds is 29. The second kappa shape index (κ2) is 29.1. The van der Waals surface area contributed by atoms with E-state index in [0.29, 0.717) is 12.8 Å². The van der Waals surface area contributed by atoms with Gasteiger partial charge in [0.15, 0.2) is 0 Å². The number of hydrogen-bond donors (Lipinski definition) is 4. The summed E-state index contributed by atoms with van der Waals surface area (Å²) in [6.45, 7) is 4.15. The molecule has 0 fully saturated rings. The van der Waals surface area contributed by atoms with Crippen molar-refractivity contribution >= 4 is 5.91 Å². The number of carbonyl (C=O) groups is 1. The van der Waals surface area contributed by atoms with Gasteiger partial charge in [-0.25, -0.2) is 0 Å². The first kappa shape index (κ1) is 37.1. The van der Waals surface area contributed by atoms with Gasteiger partial charge >= 0.3 is 0 Å². The molecule has 0 saturated heterocycles. The van der Waals surface area contributed by atoms with Gasteiger partial charge in [0.1, 0.15) is 6.10 Å². The smallest absolute Gasteiger partial charge is 0.249 e. The van der Waals surface area contributed by atoms with E-state index in [1.165, 1.54) is 96.3 Å². The van der Waals surface area contributed by atoms with E-state index in [4.69, 9.17) is 0 Å². The summed E-state index contributed by atoms with van der Waals surface area (Å²) in [7, 11) is 0. The zero-order valence-corrected chi connectivity index (χ0v) is 25.3. The van der Waals surface area contributed by atoms with Gasteiger partial charge in [0.2, 0.25) is 5.91 Å². The molecule has 0 aromatic carbocycles. The molecule has 0 heterocycles. The number of aliphatic hydroxyl groups excluding tert-OH is 3. The van der Waals surface area contributed by atoms with Crippen LogP contribution in [0.15, 0.2) is 12.2 Å². The molecule has 0 saturated carbocycles. The predicted octanol–water partition coefficient (Wildman–Crippen LogP) is 8.14. The Hall–Kier alpha value is -0.910. The van der Waals surface area contributed by atoms with Crippen LogP contribution in [0, 0.1) is 0 Å². The summed E-state index contributed by atoms with van der Waals surface area (Å²) in [5.74, 6) is -0.487. The summed E-state index contributed by atoms with van der Waals surface area (Å²) in [5, 5.41) is 32.9. The summed E-state index contributed by atoms with van der Waals surface area (Å²) in [6, 6.07) is -0.711. The lowest BCUT2D eigenvalue weighted by atomic mass is 10.0. The Kier molecular flexibility index (Phi) is 28.4. The fourth-order valence-corrected chi connectivity index (χ4v) is 4.93. The quantitative estimate of drug-likeness (QED) is 0.0570. The molecule has 38 heavy (non-hydrogen) atoms. The van der Waals surface area contributed by atoms with E-state index in [1.54, 1.807) is 0 Å². The lowest BCUT2D eigenvalue weighted by molar-refractivity contribution is -0.131. The van der Waals surface area contributed by atoms with Crippen molar-refractivity contribution < 1.29 is 20.1 Å². The van der Waals surface area contributed by atoms with E-state index >= 15 is 0 Å². The predicted molar refractivity (Wildman–Crippen MR) is 162 cm³/mol. The number of unbranched alkanes of at least 4 members (excludes halogenated alkanes) is 19. The van der Waals surface area contributed by atoms with Crippen LogP contribution in [0.1, 0.15) is 168 Å². The van der Waals surface area contributed by atoms with Crippen LogP contribution in [0.4, 0.5) is 0 Å². The second-order valence-corrected chi connectivity index (χ2v) is 11.4. The fraction of sp³-hybridized carbons (Fsp3) is 0.909. The molecule has 3 atom stereocenters. The van der Waals surface area contributed by atoms with Gasteiger partial charge in [-0.1, -0.05) is 148 Å². The Morgan fingerprint density at radius 2 is 1.03 bits per heavy atom. The van der Waals surface area contributed by atoms with Gasteiger partial charge < -0.3 is 20.6 Å². The first-order chi connectivity index (χ1) is 18.6. The first-order valence-corrected chi connectivity index (χ1v) is 16.5. The van der Waals surface area contributed by atoms with Gasteiger partial charge in [0, 0.05) is 0 Å². The Balaban J connectivity index is 3.71. The van der Waals surface area contributed by atoms with Crippen molar-refractivity contribution in [1.82, 2.24) is 5.32 Å². The number of carbonyl (C=O) groups excluding carboxylic acids is 1. The van der Waals surface area contributed by atoms with Gasteiger partial charge in [0.05, 0.1) is 18.8 Å². The van der Waals surface area contributed by atoms with Crippen LogP contribution in [-0.4, -0.2) is 46.1 Å². The number of nitrogens with one attached hydrogen (secondary N) is 1. The summed E-state index contributed by atoms with van der Waals surface area (Å²) >= 11 is 0. The van der Waals surface area contributed by atoms with Crippen LogP contribution in [0.3, 0.4) is 0 Å². The molecule has 0 radical (unpaired) electrons. The maximum Gasteiger partial charge on any atom is 0.249 e. The highest BCUT2D eigenvalue weighted by Crippen LogP contribution is 2.15. The maximum atomic E-state index is 12.3. The van der Waals surface area contributed by atoms with Crippen LogP contribution in [-0.2, 0) is 4.79 Å². The van der Waals surface area contributed by atoms with E-state index in [-0.39, 0.29) is 6.61 Å². The number of amides is 1. The SMILES string of the molecule is CCCC/C=C\CCCCCC(O)C(=O)NC(CO)C(O)CCCCCCCCCCCCCCCCC. The van der Waals surface area contributed by atoms with E-state index in [9.17, 15) is 20.1 Å². The molecule has 0 bridgehead atoms. The van der Waals surface area contributed by atoms with Crippen LogP contribution < -0.4 is 5.32 Å². The molecule has 4 N–H and O–H groups in total. The minimum atomic E-state index is -1.08. The lowest BCUT2D eigenvalue weighted by Gasteiger charge is -2.23. The van der Waals surface area contributed by atoms with Gasteiger partial charge in [-0.2, -0.15) is 0 Å². The molecule has 0 aliphatic heterocycles. The first-order valence-electron chi connectivity index (χ1n) is 16.5. The standard InChI is InChI=1S/C33H65NO4/c1-3-5-7-9-11-13-14-15-16-17-18-20-21-23-25-27-31(36)30(29-35)34-33(38)32(37)28-26-24-22-19-12-10-8-6-4-2/h10,12,30-32,35-37H,3-9,11,13-29H2,1-2H3,(H,34,38)/b12-10-. The summed E-state index contributed by atoms with van der Waals surface area (Å²) in [5.41, 5.74) is 0. The molecule has 0 aromatic heterocycles. The van der Waals surface area contributed by atoms with Crippen molar-refractivity contribution in [2.24, 2.45) is 0 Å². The fourth-order valence-electron chi connectivity index (χ4n) is 4.93. The number of allylic oxidation sites excluding steroid dienone is 2. The zero-order chi connectivity index (χ0) is 28.1. The largest absolute Gasteiger partial charge is 0.394 e. The average molecular weight is 540 g/mol. The van der Waals surface area contributed by atoms with Crippen molar-refractivity contribution in [1.29, 1.82) is 0 Å². The Morgan fingerprint density at radius 1 is 0.605 bits per heavy atom. The molecule has 0 aliphatic carbocycles. The van der Waals surface area contributed by atoms with Gasteiger partial charge in [-0.05, 0) is 32.1 Å². The van der Waals surface area contributed by atoms with E-state index in [2.05, 4.69) is 31.3 Å². The molecule has 226 valence electrons. The van der Waals surface area contributed by atoms with Crippen molar-refractivity contribution in [3.05, 3.63) is 12.2 Å². The zero-order valence-electron chi connectivity index (χ0n) is 25.3. The molecular formula is C33H65NO4. The summed E-state index contributed by atoms with van der Waals surface area (Å²) in [4.78, 5) is 12.3. The highest BCUT2D eigenvalue weighted by Gasteiger charge is 2.23. The minimum Gasteiger partial charge on any atom is -0.394 e. The summed E-state index contributed by atoms with van der Waals surface area (Å²) < 4.78 is 0. The van der Waals surface area contributed by atoms with Crippen molar-refractivity contribution in [2.45, 2.75) is 186 Å². The van der Waals surface area contributed by atoms with Crippen LogP contribution in [0.5, 0.6) is 0 Å². The third kappa shape index (κ3) is 24.2. The van der Waals surface area contributed by atoms with Crippen molar-refractivity contribution in [2.75, 3.05) is 6.61 Å². The maximum absolute atomic E-state index is 12.3. The highest BCUT2D eigenvalue weighted by atomic mass is 16.3. The minimum absolute atomic E-state index is 0.317. The van der Waals surface area contributed by atoms with Crippen LogP contribution in [0.25, 0.3) is 0 Å². The molecular weight excluding hydrogens is 474 g/mol. The van der Waals surface area contributed by atoms with Gasteiger partial charge in [-0.3, -0.25) is 4.79 Å². The molecule has 0 spiro atoms. The van der Waals surface area contributed by atoms with E-state index < -0.39 is 24.2 Å². The van der Waals surface area contributed by atoms with E-state index in [0.717, 1.165) is 44.9 Å². The van der Waals surface area contributed by atoms with Crippen LogP contribution >= 0.6 is 0 Å². The van der Waals surface area contributed by atoms with Crippen molar-refractivity contribution in [3.63, 3.8) is 0 Å². The normalized spacial score (nSPS) is 14.1. The molecule has 0 aliphatic rings. The van der Waals surface area contributed by atoms with Gasteiger partial charge in [0.25, 0.3) is 0 Å². The monoisotopic (exact) mass is 539 g/mol. The van der Waals surface area contributed by atoms with Crippen LogP contribution in [0.2, 0.25) is 0 Å². The molecule has 5 heteroatoms. The Labute approximate surface area is 236 Å². The number of aliphatic hydroxyl groups is 3. The van der Waals surface area contributed by atoms with Crippen molar-refractivity contribution in [3.8, 4) is 0 Å². The molecule has 0 aromatic rings. The Morgan fingerprint density at radius 3 is 1.53 bits per heavy atom. The topological polar surface area (TPSA) is 89.8 Å². The Bertz CT molecular complexity index is 525. The summed E-state index contributed by atoms with van der Waals surface area (Å²) in [6.07, 6.45) is 30.5. The second-order valence-electron chi connectivity index (χ2n) is 11.4. The molecule has 3 unspecified atom stereocenters. The highest BCUT2D eigenvalue weighted by molar-refractivity contribution is 5.80. The van der Waals surface area contributed by atoms with Gasteiger partial charge in [-0.15, -0.1) is 0 Å². The molecule has 1 amide bonds. The molecule has 0 rings (SSSR count). The molecule has 5 nitrogen and oxygen atoms in total. The third-order valence-electron chi connectivity index (χ3n) is 7.63. The number of hydrogen-bond acceptors (Lipinski definition) is 4. The third-order valence-corrected chi connectivity index (χ3v) is 7.63. The average Bonchev–Trinajstić information content (AvgIpc) is 2.92.